The van der Waals surface area contributed by atoms with Gasteiger partial charge in [-0.3, -0.25) is 0 Å². The minimum atomic E-state index is -2.84. The summed E-state index contributed by atoms with van der Waals surface area (Å²) in [7, 11) is -2.84. The Kier molecular flexibility index (Phi) is 3.59. The van der Waals surface area contributed by atoms with E-state index in [1.165, 1.54) is 0 Å². The van der Waals surface area contributed by atoms with Crippen molar-refractivity contribution >= 4 is 9.84 Å². The molecule has 1 N–H and O–H groups in total. The smallest absolute Gasteiger partial charge is 0.153 e. The van der Waals surface area contributed by atoms with Crippen LogP contribution in [0.25, 0.3) is 0 Å². The van der Waals surface area contributed by atoms with E-state index in [0.717, 1.165) is 32.4 Å². The molecule has 1 aliphatic carbocycles. The van der Waals surface area contributed by atoms with Gasteiger partial charge in [0.25, 0.3) is 0 Å². The van der Waals surface area contributed by atoms with E-state index in [2.05, 4.69) is 19.2 Å². The Bertz CT molecular complexity index is 335. The van der Waals surface area contributed by atoms with E-state index in [1.807, 2.05) is 0 Å². The van der Waals surface area contributed by atoms with Crippen LogP contribution in [0.5, 0.6) is 0 Å². The van der Waals surface area contributed by atoms with E-state index in [4.69, 9.17) is 0 Å². The highest BCUT2D eigenvalue weighted by Crippen LogP contribution is 2.33. The van der Waals surface area contributed by atoms with Crippen molar-refractivity contribution in [1.29, 1.82) is 0 Å². The molecule has 2 fully saturated rings. The van der Waals surface area contributed by atoms with Crippen molar-refractivity contribution in [3.63, 3.8) is 0 Å². The third-order valence-electron chi connectivity index (χ3n) is 4.39. The molecule has 0 aromatic heterocycles. The van der Waals surface area contributed by atoms with Gasteiger partial charge in [0.05, 0.1) is 11.0 Å². The van der Waals surface area contributed by atoms with Gasteiger partial charge in [-0.05, 0) is 37.0 Å². The molecule has 1 heterocycles. The SMILES string of the molecule is CC1CCC(S(=O)(=O)CC2CNC2)CC1C. The maximum Gasteiger partial charge on any atom is 0.153 e. The summed E-state index contributed by atoms with van der Waals surface area (Å²) in [6, 6.07) is 0. The van der Waals surface area contributed by atoms with Crippen molar-refractivity contribution < 1.29 is 8.42 Å². The Morgan fingerprint density at radius 3 is 2.31 bits per heavy atom. The molecule has 0 aromatic carbocycles. The Hall–Kier alpha value is -0.0900. The lowest BCUT2D eigenvalue weighted by Gasteiger charge is -2.34. The zero-order chi connectivity index (χ0) is 11.8. The highest BCUT2D eigenvalue weighted by Gasteiger charge is 2.35. The van der Waals surface area contributed by atoms with Gasteiger partial charge in [0.1, 0.15) is 0 Å². The monoisotopic (exact) mass is 245 g/mol. The second kappa shape index (κ2) is 4.65. The van der Waals surface area contributed by atoms with Crippen molar-refractivity contribution in [2.24, 2.45) is 17.8 Å². The molecule has 4 heteroatoms. The molecule has 1 saturated heterocycles. The Morgan fingerprint density at radius 2 is 1.81 bits per heavy atom. The summed E-state index contributed by atoms with van der Waals surface area (Å²) in [5, 5.41) is 3.08. The topological polar surface area (TPSA) is 46.2 Å². The van der Waals surface area contributed by atoms with Gasteiger partial charge in [-0.15, -0.1) is 0 Å². The standard InChI is InChI=1S/C12H23NO2S/c1-9-3-4-12(5-10(9)2)16(14,15)8-11-6-13-7-11/h9-13H,3-8H2,1-2H3. The first-order chi connectivity index (χ1) is 7.49. The van der Waals surface area contributed by atoms with Crippen LogP contribution in [0.4, 0.5) is 0 Å². The largest absolute Gasteiger partial charge is 0.316 e. The fourth-order valence-corrected chi connectivity index (χ4v) is 5.01. The van der Waals surface area contributed by atoms with Crippen LogP contribution in [0.1, 0.15) is 33.1 Å². The molecule has 2 aliphatic rings. The van der Waals surface area contributed by atoms with Crippen LogP contribution < -0.4 is 5.32 Å². The van der Waals surface area contributed by atoms with Crippen LogP contribution >= 0.6 is 0 Å². The van der Waals surface area contributed by atoms with E-state index < -0.39 is 9.84 Å². The van der Waals surface area contributed by atoms with E-state index in [0.29, 0.717) is 23.5 Å². The number of hydrogen-bond acceptors (Lipinski definition) is 3. The zero-order valence-electron chi connectivity index (χ0n) is 10.3. The second-order valence-electron chi connectivity index (χ2n) is 5.74. The van der Waals surface area contributed by atoms with Crippen molar-refractivity contribution in [3.8, 4) is 0 Å². The predicted octanol–water partition coefficient (Wildman–Crippen LogP) is 1.45. The molecule has 2 rings (SSSR count). The van der Waals surface area contributed by atoms with E-state index in [9.17, 15) is 8.42 Å². The molecule has 3 atom stereocenters. The highest BCUT2D eigenvalue weighted by atomic mass is 32.2. The first kappa shape index (κ1) is 12.4. The van der Waals surface area contributed by atoms with Gasteiger partial charge in [-0.1, -0.05) is 13.8 Å². The average molecular weight is 245 g/mol. The fraction of sp³-hybridized carbons (Fsp3) is 1.00. The molecule has 16 heavy (non-hydrogen) atoms. The number of hydrogen-bond donors (Lipinski definition) is 1. The van der Waals surface area contributed by atoms with E-state index in [1.54, 1.807) is 0 Å². The van der Waals surface area contributed by atoms with Crippen LogP contribution in [0.15, 0.2) is 0 Å². The highest BCUT2D eigenvalue weighted by molar-refractivity contribution is 7.92. The van der Waals surface area contributed by atoms with Crippen LogP contribution in [-0.2, 0) is 9.84 Å². The molecule has 0 spiro atoms. The normalized spacial score (nSPS) is 37.0. The molecule has 0 aromatic rings. The molecular weight excluding hydrogens is 222 g/mol. The third kappa shape index (κ3) is 2.59. The van der Waals surface area contributed by atoms with Gasteiger partial charge < -0.3 is 5.32 Å². The summed E-state index contributed by atoms with van der Waals surface area (Å²) in [5.74, 6) is 2.04. The number of nitrogens with one attached hydrogen (secondary N) is 1. The van der Waals surface area contributed by atoms with Gasteiger partial charge in [-0.25, -0.2) is 8.42 Å². The van der Waals surface area contributed by atoms with Crippen LogP contribution in [0, 0.1) is 17.8 Å². The van der Waals surface area contributed by atoms with Gasteiger partial charge >= 0.3 is 0 Å². The molecule has 0 bridgehead atoms. The molecule has 3 unspecified atom stereocenters. The molecule has 1 aliphatic heterocycles. The van der Waals surface area contributed by atoms with Crippen LogP contribution in [-0.4, -0.2) is 32.5 Å². The second-order valence-corrected chi connectivity index (χ2v) is 8.07. The molecule has 0 amide bonds. The summed E-state index contributed by atoms with van der Waals surface area (Å²) in [6.45, 7) is 6.20. The van der Waals surface area contributed by atoms with Crippen LogP contribution in [0.3, 0.4) is 0 Å². The average Bonchev–Trinajstić information content (AvgIpc) is 2.16. The lowest BCUT2D eigenvalue weighted by atomic mass is 9.81. The summed E-state index contributed by atoms with van der Waals surface area (Å²) in [5.41, 5.74) is 0. The summed E-state index contributed by atoms with van der Waals surface area (Å²) in [4.78, 5) is 0. The van der Waals surface area contributed by atoms with Gasteiger partial charge in [0.2, 0.25) is 0 Å². The lowest BCUT2D eigenvalue weighted by Crippen LogP contribution is -2.47. The fourth-order valence-electron chi connectivity index (χ4n) is 2.76. The molecule has 0 radical (unpaired) electrons. The van der Waals surface area contributed by atoms with E-state index >= 15 is 0 Å². The first-order valence-electron chi connectivity index (χ1n) is 6.41. The van der Waals surface area contributed by atoms with Crippen molar-refractivity contribution in [2.75, 3.05) is 18.8 Å². The number of rotatable bonds is 3. The van der Waals surface area contributed by atoms with Crippen molar-refractivity contribution in [2.45, 2.75) is 38.4 Å². The van der Waals surface area contributed by atoms with E-state index in [-0.39, 0.29) is 5.25 Å². The van der Waals surface area contributed by atoms with Gasteiger partial charge in [0, 0.05) is 13.1 Å². The quantitative estimate of drug-likeness (QED) is 0.818. The van der Waals surface area contributed by atoms with Crippen LogP contribution in [0.2, 0.25) is 0 Å². The maximum atomic E-state index is 12.2. The molecule has 1 saturated carbocycles. The van der Waals surface area contributed by atoms with Crippen molar-refractivity contribution in [3.05, 3.63) is 0 Å². The maximum absolute atomic E-state index is 12.2. The predicted molar refractivity (Wildman–Crippen MR) is 66.1 cm³/mol. The molecule has 94 valence electrons. The minimum Gasteiger partial charge on any atom is -0.316 e. The Balaban J connectivity index is 1.95. The summed E-state index contributed by atoms with van der Waals surface area (Å²) in [6.07, 6.45) is 2.84. The minimum absolute atomic E-state index is 0.0562. The Labute approximate surface area is 98.9 Å². The first-order valence-corrected chi connectivity index (χ1v) is 8.13. The molecular formula is C12H23NO2S. The zero-order valence-corrected chi connectivity index (χ0v) is 11.1. The van der Waals surface area contributed by atoms with Gasteiger partial charge in [-0.2, -0.15) is 0 Å². The van der Waals surface area contributed by atoms with Gasteiger partial charge in [0.15, 0.2) is 9.84 Å². The summed E-state index contributed by atoms with van der Waals surface area (Å²) >= 11 is 0. The number of sulfone groups is 1. The van der Waals surface area contributed by atoms with Crippen molar-refractivity contribution in [1.82, 2.24) is 5.32 Å². The lowest BCUT2D eigenvalue weighted by molar-refractivity contribution is 0.276. The Morgan fingerprint density at radius 1 is 1.12 bits per heavy atom. The molecule has 3 nitrogen and oxygen atoms in total. The third-order valence-corrected chi connectivity index (χ3v) is 6.77. The summed E-state index contributed by atoms with van der Waals surface area (Å²) < 4.78 is 24.4.